The second-order valence-electron chi connectivity index (χ2n) is 7.69. The van der Waals surface area contributed by atoms with Gasteiger partial charge in [-0.2, -0.15) is 0 Å². The first-order valence-electron chi connectivity index (χ1n) is 7.25. The highest BCUT2D eigenvalue weighted by molar-refractivity contribution is 5.49. The molecular formula is C17H27F2NO. The summed E-state index contributed by atoms with van der Waals surface area (Å²) >= 11 is 0. The first-order chi connectivity index (χ1) is 9.34. The van der Waals surface area contributed by atoms with Crippen LogP contribution in [-0.4, -0.2) is 11.5 Å². The van der Waals surface area contributed by atoms with Gasteiger partial charge in [0, 0.05) is 18.0 Å². The summed E-state index contributed by atoms with van der Waals surface area (Å²) in [5, 5.41) is 10.5. The van der Waals surface area contributed by atoms with Crippen molar-refractivity contribution in [2.24, 2.45) is 5.73 Å². The number of phenolic OH excluding ortho intramolecular Hbond substituents is 1. The van der Waals surface area contributed by atoms with Crippen molar-refractivity contribution < 1.29 is 13.9 Å². The van der Waals surface area contributed by atoms with Gasteiger partial charge in [0.25, 0.3) is 0 Å². The maximum absolute atomic E-state index is 12.6. The molecule has 3 N–H and O–H groups in total. The third-order valence-electron chi connectivity index (χ3n) is 3.65. The van der Waals surface area contributed by atoms with Crippen LogP contribution in [0.2, 0.25) is 0 Å². The summed E-state index contributed by atoms with van der Waals surface area (Å²) in [5.41, 5.74) is 7.59. The number of nitrogens with two attached hydrogens (primary N) is 1. The zero-order valence-corrected chi connectivity index (χ0v) is 13.8. The molecule has 1 rings (SSSR count). The lowest BCUT2D eigenvalue weighted by molar-refractivity contribution is 0.128. The molecule has 1 atom stereocenters. The molecule has 1 aromatic rings. The minimum Gasteiger partial charge on any atom is -0.507 e. The predicted molar refractivity (Wildman–Crippen MR) is 83.1 cm³/mol. The van der Waals surface area contributed by atoms with Crippen LogP contribution in [0.3, 0.4) is 0 Å². The fraction of sp³-hybridized carbons (Fsp3) is 0.647. The van der Waals surface area contributed by atoms with Gasteiger partial charge in [0.2, 0.25) is 6.43 Å². The van der Waals surface area contributed by atoms with Crippen LogP contribution in [0.25, 0.3) is 0 Å². The van der Waals surface area contributed by atoms with E-state index >= 15 is 0 Å². The van der Waals surface area contributed by atoms with Crippen LogP contribution in [0.4, 0.5) is 8.78 Å². The molecule has 0 fully saturated rings. The molecule has 0 spiro atoms. The maximum Gasteiger partial charge on any atom is 0.240 e. The van der Waals surface area contributed by atoms with Crippen molar-refractivity contribution >= 4 is 0 Å². The Morgan fingerprint density at radius 2 is 1.57 bits per heavy atom. The fourth-order valence-electron chi connectivity index (χ4n) is 2.26. The van der Waals surface area contributed by atoms with Gasteiger partial charge in [-0.3, -0.25) is 0 Å². The topological polar surface area (TPSA) is 46.2 Å². The van der Waals surface area contributed by atoms with Crippen LogP contribution in [0.15, 0.2) is 12.1 Å². The molecule has 0 aliphatic carbocycles. The van der Waals surface area contributed by atoms with Gasteiger partial charge in [-0.1, -0.05) is 47.6 Å². The van der Waals surface area contributed by atoms with E-state index in [-0.39, 0.29) is 16.6 Å². The first-order valence-corrected chi connectivity index (χ1v) is 7.25. The zero-order chi connectivity index (χ0) is 16.6. The molecule has 0 aliphatic heterocycles. The molecule has 0 bridgehead atoms. The smallest absolute Gasteiger partial charge is 0.240 e. The fourth-order valence-corrected chi connectivity index (χ4v) is 2.26. The summed E-state index contributed by atoms with van der Waals surface area (Å²) in [6.07, 6.45) is -2.94. The lowest BCUT2D eigenvalue weighted by Gasteiger charge is -2.29. The summed E-state index contributed by atoms with van der Waals surface area (Å²) in [6.45, 7) is 12.1. The third kappa shape index (κ3) is 4.40. The van der Waals surface area contributed by atoms with E-state index in [1.807, 2.05) is 47.6 Å². The van der Waals surface area contributed by atoms with E-state index in [0.717, 1.165) is 11.1 Å². The third-order valence-corrected chi connectivity index (χ3v) is 3.65. The second-order valence-corrected chi connectivity index (χ2v) is 7.69. The number of halogens is 2. The van der Waals surface area contributed by atoms with E-state index < -0.39 is 18.9 Å². The lowest BCUT2D eigenvalue weighted by Crippen LogP contribution is -2.21. The second kappa shape index (κ2) is 5.91. The lowest BCUT2D eigenvalue weighted by atomic mass is 9.78. The van der Waals surface area contributed by atoms with Crippen molar-refractivity contribution in [3.05, 3.63) is 28.8 Å². The molecule has 0 heterocycles. The van der Waals surface area contributed by atoms with Crippen molar-refractivity contribution in [2.75, 3.05) is 0 Å². The average molecular weight is 299 g/mol. The van der Waals surface area contributed by atoms with E-state index in [9.17, 15) is 13.9 Å². The molecule has 0 saturated heterocycles. The quantitative estimate of drug-likeness (QED) is 0.854. The molecule has 4 heteroatoms. The molecule has 1 aromatic carbocycles. The summed E-state index contributed by atoms with van der Waals surface area (Å²) in [4.78, 5) is 0. The average Bonchev–Trinajstić information content (AvgIpc) is 2.24. The summed E-state index contributed by atoms with van der Waals surface area (Å²) in [6, 6.07) is 2.85. The SMILES string of the molecule is CC(C)(C)c1cc([C@@H](N)CC(F)F)c(O)c(C(C)(C)C)c1. The van der Waals surface area contributed by atoms with Gasteiger partial charge >= 0.3 is 0 Å². The van der Waals surface area contributed by atoms with Gasteiger partial charge in [-0.05, 0) is 28.0 Å². The number of hydrogen-bond acceptors (Lipinski definition) is 2. The minimum atomic E-state index is -2.49. The highest BCUT2D eigenvalue weighted by Gasteiger charge is 2.27. The normalized spacial score (nSPS) is 14.6. The number of phenols is 1. The van der Waals surface area contributed by atoms with E-state index in [1.165, 1.54) is 0 Å². The number of hydrogen-bond donors (Lipinski definition) is 2. The Bertz CT molecular complexity index is 499. The molecule has 0 unspecified atom stereocenters. The van der Waals surface area contributed by atoms with Crippen molar-refractivity contribution in [2.45, 2.75) is 71.3 Å². The Labute approximate surface area is 126 Å². The summed E-state index contributed by atoms with van der Waals surface area (Å²) in [7, 11) is 0. The number of benzene rings is 1. The van der Waals surface area contributed by atoms with Crippen LogP contribution >= 0.6 is 0 Å². The Hall–Kier alpha value is -1.16. The molecule has 0 radical (unpaired) electrons. The van der Waals surface area contributed by atoms with Gasteiger partial charge in [0.05, 0.1) is 0 Å². The Morgan fingerprint density at radius 3 is 1.95 bits per heavy atom. The standard InChI is InChI=1S/C17H27F2NO/c1-16(2,3)10-7-11(13(20)9-14(18)19)15(21)12(8-10)17(4,5)6/h7-8,13-14,21H,9,20H2,1-6H3/t13-/m0/s1. The van der Waals surface area contributed by atoms with E-state index in [0.29, 0.717) is 5.56 Å². The Morgan fingerprint density at radius 1 is 1.05 bits per heavy atom. The van der Waals surface area contributed by atoms with Crippen molar-refractivity contribution in [1.29, 1.82) is 0 Å². The van der Waals surface area contributed by atoms with Crippen LogP contribution in [0.5, 0.6) is 5.75 Å². The van der Waals surface area contributed by atoms with Crippen molar-refractivity contribution in [1.82, 2.24) is 0 Å². The van der Waals surface area contributed by atoms with Crippen molar-refractivity contribution in [3.8, 4) is 5.75 Å². The van der Waals surface area contributed by atoms with Gasteiger partial charge in [-0.15, -0.1) is 0 Å². The van der Waals surface area contributed by atoms with Gasteiger partial charge in [-0.25, -0.2) is 8.78 Å². The number of aromatic hydroxyl groups is 1. The van der Waals surface area contributed by atoms with Crippen molar-refractivity contribution in [3.63, 3.8) is 0 Å². The van der Waals surface area contributed by atoms with E-state index in [4.69, 9.17) is 5.73 Å². The van der Waals surface area contributed by atoms with Crippen LogP contribution in [0.1, 0.15) is 70.7 Å². The van der Waals surface area contributed by atoms with Crippen LogP contribution in [0, 0.1) is 0 Å². The molecule has 0 aliphatic rings. The molecule has 2 nitrogen and oxygen atoms in total. The first kappa shape index (κ1) is 17.9. The van der Waals surface area contributed by atoms with Gasteiger partial charge in [0.15, 0.2) is 0 Å². The summed E-state index contributed by atoms with van der Waals surface area (Å²) < 4.78 is 25.2. The highest BCUT2D eigenvalue weighted by Crippen LogP contribution is 2.40. The largest absolute Gasteiger partial charge is 0.507 e. The minimum absolute atomic E-state index is 0.0450. The molecule has 0 aromatic heterocycles. The van der Waals surface area contributed by atoms with Crippen LogP contribution in [-0.2, 0) is 10.8 Å². The number of rotatable bonds is 3. The molecule has 0 amide bonds. The zero-order valence-electron chi connectivity index (χ0n) is 13.8. The molecular weight excluding hydrogens is 272 g/mol. The van der Waals surface area contributed by atoms with E-state index in [1.54, 1.807) is 6.07 Å². The summed E-state index contributed by atoms with van der Waals surface area (Å²) in [5.74, 6) is 0.0450. The van der Waals surface area contributed by atoms with E-state index in [2.05, 4.69) is 0 Å². The number of alkyl halides is 2. The van der Waals surface area contributed by atoms with Crippen LogP contribution < -0.4 is 5.73 Å². The van der Waals surface area contributed by atoms with Gasteiger partial charge < -0.3 is 10.8 Å². The molecule has 0 saturated carbocycles. The monoisotopic (exact) mass is 299 g/mol. The maximum atomic E-state index is 12.6. The molecule has 21 heavy (non-hydrogen) atoms. The Kier molecular flexibility index (Phi) is 5.04. The Balaban J connectivity index is 3.49. The van der Waals surface area contributed by atoms with Gasteiger partial charge in [0.1, 0.15) is 5.75 Å². The highest BCUT2D eigenvalue weighted by atomic mass is 19.3. The predicted octanol–water partition coefficient (Wildman–Crippen LogP) is 4.64. The molecule has 120 valence electrons.